The van der Waals surface area contributed by atoms with Gasteiger partial charge in [-0.3, -0.25) is 14.3 Å². The normalized spacial score (nSPS) is 29.5. The number of anilines is 1. The molecule has 52 heavy (non-hydrogen) atoms. The molecule has 10 nitrogen and oxygen atoms in total. The van der Waals surface area contributed by atoms with Gasteiger partial charge < -0.3 is 18.8 Å². The SMILES string of the molecule is CO[C@H]1/C=C/C[C@H](C)CS(=O)(NC(=O)c2cc3ccncn3c2)=NC(=O)c2ccc3c(c2)N(C[C@@H]2CC[C@H]21)C[C@@]1(CCCc2cc(Cl)ccc21)CO3. The van der Waals surface area contributed by atoms with Gasteiger partial charge in [0.2, 0.25) is 0 Å². The van der Waals surface area contributed by atoms with Gasteiger partial charge in [0, 0.05) is 54.1 Å². The summed E-state index contributed by atoms with van der Waals surface area (Å²) >= 11 is 6.46. The Morgan fingerprint density at radius 2 is 2.04 bits per heavy atom. The molecule has 4 aromatic rings. The minimum atomic E-state index is -3.55. The molecule has 0 radical (unpaired) electrons. The number of fused-ring (bicyclic) bond motifs is 5. The van der Waals surface area contributed by atoms with Crippen LogP contribution in [0, 0.1) is 17.8 Å². The van der Waals surface area contributed by atoms with E-state index in [9.17, 15) is 13.8 Å². The number of aryl methyl sites for hydroxylation is 1. The lowest BCUT2D eigenvalue weighted by Gasteiger charge is -2.46. The van der Waals surface area contributed by atoms with E-state index in [1.54, 1.807) is 48.4 Å². The van der Waals surface area contributed by atoms with E-state index < -0.39 is 21.7 Å². The van der Waals surface area contributed by atoms with Gasteiger partial charge in [-0.15, -0.1) is 4.36 Å². The van der Waals surface area contributed by atoms with E-state index in [1.165, 1.54) is 11.1 Å². The van der Waals surface area contributed by atoms with Crippen molar-refractivity contribution in [3.8, 4) is 5.75 Å². The Hall–Kier alpha value is -4.19. The average molecular weight is 742 g/mol. The number of allylic oxidation sites excluding steroid dienone is 1. The fraction of sp³-hybridized carbons (Fsp3) is 0.425. The number of nitrogens with one attached hydrogen (secondary N) is 1. The molecule has 8 rings (SSSR count). The summed E-state index contributed by atoms with van der Waals surface area (Å²) in [7, 11) is -1.78. The number of halogens is 1. The van der Waals surface area contributed by atoms with Crippen LogP contribution in [0.1, 0.15) is 70.9 Å². The number of benzene rings is 2. The molecule has 6 atom stereocenters. The first-order chi connectivity index (χ1) is 25.1. The summed E-state index contributed by atoms with van der Waals surface area (Å²) in [6, 6.07) is 15.1. The Morgan fingerprint density at radius 1 is 1.15 bits per heavy atom. The summed E-state index contributed by atoms with van der Waals surface area (Å²) < 4.78 is 36.0. The smallest absolute Gasteiger partial charge is 0.286 e. The number of ether oxygens (including phenoxy) is 2. The van der Waals surface area contributed by atoms with Crippen molar-refractivity contribution in [1.82, 2.24) is 14.1 Å². The fourth-order valence-corrected chi connectivity index (χ4v) is 10.7. The van der Waals surface area contributed by atoms with E-state index in [0.717, 1.165) is 54.9 Å². The van der Waals surface area contributed by atoms with E-state index in [1.807, 2.05) is 25.1 Å². The van der Waals surface area contributed by atoms with Crippen molar-refractivity contribution in [3.05, 3.63) is 107 Å². The maximum absolute atomic E-state index is 14.6. The van der Waals surface area contributed by atoms with Crippen LogP contribution in [0.3, 0.4) is 0 Å². The second kappa shape index (κ2) is 14.0. The first-order valence-electron chi connectivity index (χ1n) is 18.2. The molecule has 2 aliphatic heterocycles. The number of carbonyl (C=O) groups excluding carboxylic acids is 2. The van der Waals surface area contributed by atoms with Crippen molar-refractivity contribution < 1.29 is 23.3 Å². The standard InChI is InChI=1S/C40H44ClN5O5S/c1-26-5-3-7-36(50-2)33-11-8-29(33)20-45-23-40(15-4-6-27-17-31(41)10-12-34(27)40)24-51-37-13-9-28(19-35(37)45)38(47)43-52(49,22-26)44-39(48)30-18-32-14-16-42-25-46(32)21-30/h3,7,9-10,12-14,16-19,21,25-26,29,33,36H,4-6,8,11,15,20,22-24H2,1-2H3,(H,43,44,47,48,49)/b7-3+/t26-,29-,33+,36-,40-,52?/m0/s1. The Morgan fingerprint density at radius 3 is 2.85 bits per heavy atom. The van der Waals surface area contributed by atoms with Gasteiger partial charge in [-0.2, -0.15) is 0 Å². The van der Waals surface area contributed by atoms with E-state index in [-0.39, 0.29) is 23.2 Å². The van der Waals surface area contributed by atoms with Gasteiger partial charge in [-0.1, -0.05) is 36.7 Å². The van der Waals surface area contributed by atoms with Crippen LogP contribution in [-0.4, -0.2) is 64.1 Å². The van der Waals surface area contributed by atoms with Crippen molar-refractivity contribution in [1.29, 1.82) is 0 Å². The molecule has 2 aromatic heterocycles. The predicted molar refractivity (Wildman–Crippen MR) is 203 cm³/mol. The second-order valence-electron chi connectivity index (χ2n) is 15.0. The Kier molecular flexibility index (Phi) is 9.38. The molecule has 272 valence electrons. The van der Waals surface area contributed by atoms with Crippen LogP contribution < -0.4 is 14.4 Å². The Labute approximate surface area is 309 Å². The van der Waals surface area contributed by atoms with Gasteiger partial charge in [-0.05, 0) is 110 Å². The number of aromatic nitrogens is 2. The van der Waals surface area contributed by atoms with Crippen LogP contribution in [0.25, 0.3) is 5.52 Å². The maximum atomic E-state index is 14.6. The molecule has 1 N–H and O–H groups in total. The predicted octanol–water partition coefficient (Wildman–Crippen LogP) is 7.05. The van der Waals surface area contributed by atoms with Gasteiger partial charge in [0.25, 0.3) is 11.8 Å². The lowest BCUT2D eigenvalue weighted by Crippen LogP contribution is -2.49. The zero-order chi connectivity index (χ0) is 36.0. The van der Waals surface area contributed by atoms with E-state index in [2.05, 4.69) is 43.3 Å². The van der Waals surface area contributed by atoms with Crippen molar-refractivity contribution in [2.45, 2.75) is 57.0 Å². The zero-order valence-corrected chi connectivity index (χ0v) is 31.1. The minimum Gasteiger partial charge on any atom is -0.490 e. The molecule has 12 heteroatoms. The number of hydrogen-bond donors (Lipinski definition) is 1. The van der Waals surface area contributed by atoms with Crippen molar-refractivity contribution in [2.24, 2.45) is 22.1 Å². The van der Waals surface area contributed by atoms with E-state index in [0.29, 0.717) is 48.3 Å². The van der Waals surface area contributed by atoms with Gasteiger partial charge in [0.1, 0.15) is 15.7 Å². The number of rotatable bonds is 3. The molecule has 4 heterocycles. The number of methoxy groups -OCH3 is 1. The summed E-state index contributed by atoms with van der Waals surface area (Å²) in [5.41, 5.74) is 4.45. The van der Waals surface area contributed by atoms with Crippen LogP contribution in [-0.2, 0) is 26.5 Å². The Bertz CT molecular complexity index is 2160. The molecule has 1 fully saturated rings. The lowest BCUT2D eigenvalue weighted by molar-refractivity contribution is 0.0131. The molecular weight excluding hydrogens is 698 g/mol. The van der Waals surface area contributed by atoms with Crippen LogP contribution in [0.2, 0.25) is 5.02 Å². The molecule has 1 unspecified atom stereocenters. The highest BCUT2D eigenvalue weighted by atomic mass is 35.5. The monoisotopic (exact) mass is 741 g/mol. The summed E-state index contributed by atoms with van der Waals surface area (Å²) in [5.74, 6) is 0.0522. The number of carbonyl (C=O) groups is 2. The zero-order valence-electron chi connectivity index (χ0n) is 29.5. The highest BCUT2D eigenvalue weighted by Gasteiger charge is 2.44. The molecule has 2 amide bonds. The first-order valence-corrected chi connectivity index (χ1v) is 20.2. The first kappa shape index (κ1) is 34.9. The van der Waals surface area contributed by atoms with E-state index in [4.69, 9.17) is 21.1 Å². The molecule has 0 saturated heterocycles. The third-order valence-corrected chi connectivity index (χ3v) is 13.7. The number of nitrogens with zero attached hydrogens (tertiary/aromatic N) is 4. The summed E-state index contributed by atoms with van der Waals surface area (Å²) in [5, 5.41) is 0.739. The third-order valence-electron chi connectivity index (χ3n) is 11.4. The second-order valence-corrected chi connectivity index (χ2v) is 17.5. The van der Waals surface area contributed by atoms with Crippen LogP contribution in [0.5, 0.6) is 5.75 Å². The molecular formula is C40H44ClN5O5S. The fourth-order valence-electron chi connectivity index (χ4n) is 8.65. The minimum absolute atomic E-state index is 0.000425. The van der Waals surface area contributed by atoms with Gasteiger partial charge in [-0.25, -0.2) is 9.19 Å². The van der Waals surface area contributed by atoms with Crippen LogP contribution >= 0.6 is 11.6 Å². The molecule has 1 saturated carbocycles. The van der Waals surface area contributed by atoms with Crippen LogP contribution in [0.15, 0.2) is 83.8 Å². The number of amides is 2. The summed E-state index contributed by atoms with van der Waals surface area (Å²) in [4.78, 5) is 34.1. The van der Waals surface area contributed by atoms with Crippen molar-refractivity contribution in [2.75, 3.05) is 37.5 Å². The van der Waals surface area contributed by atoms with Gasteiger partial charge in [0.15, 0.2) is 0 Å². The molecule has 2 aromatic carbocycles. The van der Waals surface area contributed by atoms with Crippen LogP contribution in [0.4, 0.5) is 5.69 Å². The summed E-state index contributed by atoms with van der Waals surface area (Å²) in [6.45, 7) is 3.95. The van der Waals surface area contributed by atoms with Crippen molar-refractivity contribution >= 4 is 44.5 Å². The molecule has 1 spiro atoms. The van der Waals surface area contributed by atoms with Gasteiger partial charge in [0.05, 0.1) is 36.0 Å². The molecule has 2 aliphatic carbocycles. The molecule has 2 bridgehead atoms. The van der Waals surface area contributed by atoms with E-state index >= 15 is 0 Å². The van der Waals surface area contributed by atoms with Gasteiger partial charge >= 0.3 is 0 Å². The Balaban J connectivity index is 1.19. The number of hydrogen-bond acceptors (Lipinski definition) is 7. The largest absolute Gasteiger partial charge is 0.490 e. The quantitative estimate of drug-likeness (QED) is 0.224. The average Bonchev–Trinajstić information content (AvgIpc) is 3.49. The summed E-state index contributed by atoms with van der Waals surface area (Å²) in [6.07, 6.45) is 14.7. The van der Waals surface area contributed by atoms with Crippen molar-refractivity contribution in [3.63, 3.8) is 0 Å². The highest BCUT2D eigenvalue weighted by Crippen LogP contribution is 2.47. The third kappa shape index (κ3) is 6.74. The topological polar surface area (TPSA) is 115 Å². The maximum Gasteiger partial charge on any atom is 0.286 e. The highest BCUT2D eigenvalue weighted by molar-refractivity contribution is 7.92. The lowest BCUT2D eigenvalue weighted by atomic mass is 9.68. The molecule has 4 aliphatic rings.